The van der Waals surface area contributed by atoms with Crippen LogP contribution in [0, 0.1) is 13.8 Å². The van der Waals surface area contributed by atoms with Gasteiger partial charge in [0.05, 0.1) is 22.4 Å². The summed E-state index contributed by atoms with van der Waals surface area (Å²) < 4.78 is 0. The summed E-state index contributed by atoms with van der Waals surface area (Å²) >= 11 is 0. The summed E-state index contributed by atoms with van der Waals surface area (Å²) in [7, 11) is 0. The Morgan fingerprint density at radius 1 is 0.333 bits per heavy atom. The molecule has 0 spiro atoms. The molecule has 2 aromatic heterocycles. The summed E-state index contributed by atoms with van der Waals surface area (Å²) in [6.07, 6.45) is 0. The van der Waals surface area contributed by atoms with Gasteiger partial charge < -0.3 is 0 Å². The van der Waals surface area contributed by atoms with Crippen molar-refractivity contribution in [2.75, 3.05) is 0 Å². The van der Waals surface area contributed by atoms with Crippen LogP contribution in [0.3, 0.4) is 0 Å². The van der Waals surface area contributed by atoms with Crippen LogP contribution in [0.25, 0.3) is 88.1 Å². The minimum Gasteiger partial charge on any atom is -0.245 e. The molecule has 0 saturated carbocycles. The quantitative estimate of drug-likeness (QED) is 0.185. The summed E-state index contributed by atoms with van der Waals surface area (Å²) in [6.45, 7) is 4.26. The first-order chi connectivity index (χ1) is 23.6. The van der Waals surface area contributed by atoms with E-state index in [0.29, 0.717) is 0 Å². The summed E-state index contributed by atoms with van der Waals surface area (Å²) in [5.74, 6) is 0. The van der Waals surface area contributed by atoms with Crippen LogP contribution < -0.4 is 0 Å². The van der Waals surface area contributed by atoms with E-state index in [9.17, 15) is 0 Å². The third-order valence-electron chi connectivity index (χ3n) is 9.57. The largest absolute Gasteiger partial charge is 0.245 e. The van der Waals surface area contributed by atoms with Crippen LogP contribution in [0.15, 0.2) is 158 Å². The highest BCUT2D eigenvalue weighted by Gasteiger charge is 2.17. The molecule has 48 heavy (non-hydrogen) atoms. The fourth-order valence-electron chi connectivity index (χ4n) is 6.91. The van der Waals surface area contributed by atoms with Gasteiger partial charge in [0.15, 0.2) is 0 Å². The highest BCUT2D eigenvalue weighted by molar-refractivity contribution is 6.13. The Hall–Kier alpha value is -6.12. The van der Waals surface area contributed by atoms with Crippen LogP contribution in [0.1, 0.15) is 11.1 Å². The molecule has 0 unspecified atom stereocenters. The van der Waals surface area contributed by atoms with E-state index in [1.165, 1.54) is 43.8 Å². The smallest absolute Gasteiger partial charge is 0.0978 e. The van der Waals surface area contributed by atoms with Gasteiger partial charge in [-0.3, -0.25) is 0 Å². The van der Waals surface area contributed by atoms with Gasteiger partial charge in [0.25, 0.3) is 0 Å². The van der Waals surface area contributed by atoms with E-state index in [1.54, 1.807) is 0 Å². The maximum atomic E-state index is 5.46. The lowest BCUT2D eigenvalue weighted by Crippen LogP contribution is -1.96. The van der Waals surface area contributed by atoms with Crippen LogP contribution >= 0.6 is 0 Å². The predicted molar refractivity (Wildman–Crippen MR) is 203 cm³/mol. The average Bonchev–Trinajstić information content (AvgIpc) is 3.14. The van der Waals surface area contributed by atoms with E-state index in [0.717, 1.165) is 55.4 Å². The zero-order valence-electron chi connectivity index (χ0n) is 26.9. The molecule has 7 aromatic carbocycles. The molecule has 0 N–H and O–H groups in total. The Labute approximate surface area is 280 Å². The lowest BCUT2D eigenvalue weighted by atomic mass is 9.93. The third kappa shape index (κ3) is 4.90. The number of fused-ring (bicyclic) bond motifs is 5. The fraction of sp³-hybridized carbons (Fsp3) is 0.0435. The highest BCUT2D eigenvalue weighted by atomic mass is 14.8. The monoisotopic (exact) mass is 612 g/mol. The van der Waals surface area contributed by atoms with Crippen molar-refractivity contribution in [2.45, 2.75) is 13.8 Å². The van der Waals surface area contributed by atoms with Crippen molar-refractivity contribution < 1.29 is 0 Å². The molecular weight excluding hydrogens is 581 g/mol. The van der Waals surface area contributed by atoms with Crippen molar-refractivity contribution in [3.05, 3.63) is 169 Å². The second-order valence-corrected chi connectivity index (χ2v) is 12.8. The molecule has 0 fully saturated rings. The molecular formula is C46H32N2. The van der Waals surface area contributed by atoms with Gasteiger partial charge in [-0.15, -0.1) is 0 Å². The molecule has 0 atom stereocenters. The molecule has 226 valence electrons. The van der Waals surface area contributed by atoms with Gasteiger partial charge in [-0.2, -0.15) is 0 Å². The Kier molecular flexibility index (Phi) is 6.62. The second kappa shape index (κ2) is 11.3. The van der Waals surface area contributed by atoms with Gasteiger partial charge in [-0.25, -0.2) is 9.97 Å². The van der Waals surface area contributed by atoms with Gasteiger partial charge in [-0.05, 0) is 81.9 Å². The van der Waals surface area contributed by atoms with Crippen molar-refractivity contribution in [3.8, 4) is 44.8 Å². The molecule has 0 aliphatic rings. The maximum Gasteiger partial charge on any atom is 0.0978 e. The van der Waals surface area contributed by atoms with Crippen LogP contribution in [0.5, 0.6) is 0 Å². The zero-order valence-corrected chi connectivity index (χ0v) is 26.9. The Morgan fingerprint density at radius 2 is 0.708 bits per heavy atom. The first-order valence-electron chi connectivity index (χ1n) is 16.5. The molecule has 9 aromatic rings. The van der Waals surface area contributed by atoms with Crippen molar-refractivity contribution in [1.82, 2.24) is 9.97 Å². The maximum absolute atomic E-state index is 5.46. The number of nitrogens with zero attached hydrogens (tertiary/aromatic N) is 2. The topological polar surface area (TPSA) is 25.8 Å². The van der Waals surface area contributed by atoms with Gasteiger partial charge in [0.1, 0.15) is 0 Å². The van der Waals surface area contributed by atoms with E-state index in [1.807, 2.05) is 0 Å². The summed E-state index contributed by atoms with van der Waals surface area (Å²) in [6, 6.07) is 56.8. The number of pyridine rings is 2. The number of benzene rings is 7. The minimum atomic E-state index is 0.907. The fourth-order valence-corrected chi connectivity index (χ4v) is 6.91. The normalized spacial score (nSPS) is 11.5. The van der Waals surface area contributed by atoms with Gasteiger partial charge in [0.2, 0.25) is 0 Å². The second-order valence-electron chi connectivity index (χ2n) is 12.8. The molecule has 0 bridgehead atoms. The lowest BCUT2D eigenvalue weighted by Gasteiger charge is -2.16. The van der Waals surface area contributed by atoms with Crippen LogP contribution in [-0.2, 0) is 0 Å². The van der Waals surface area contributed by atoms with E-state index >= 15 is 0 Å². The van der Waals surface area contributed by atoms with E-state index in [-0.39, 0.29) is 0 Å². The Morgan fingerprint density at radius 3 is 1.12 bits per heavy atom. The SMILES string of the molecule is Cc1ccc(-c2cc(-c3ccc4ccccc4c3)nc3c2ccc2c(-c4ccc(C)cc4)cc(-c4ccc5ccccc5c4)nc23)cc1. The lowest BCUT2D eigenvalue weighted by molar-refractivity contribution is 1.36. The number of rotatable bonds is 4. The van der Waals surface area contributed by atoms with E-state index < -0.39 is 0 Å². The molecule has 0 aliphatic carbocycles. The minimum absolute atomic E-state index is 0.907. The van der Waals surface area contributed by atoms with Crippen LogP contribution in [0.2, 0.25) is 0 Å². The van der Waals surface area contributed by atoms with Gasteiger partial charge >= 0.3 is 0 Å². The van der Waals surface area contributed by atoms with Crippen molar-refractivity contribution in [2.24, 2.45) is 0 Å². The number of hydrogen-bond acceptors (Lipinski definition) is 2. The van der Waals surface area contributed by atoms with Gasteiger partial charge in [0, 0.05) is 21.9 Å². The van der Waals surface area contributed by atoms with E-state index in [4.69, 9.17) is 9.97 Å². The molecule has 2 heterocycles. The summed E-state index contributed by atoms with van der Waals surface area (Å²) in [4.78, 5) is 10.9. The molecule has 2 nitrogen and oxygen atoms in total. The molecule has 0 aliphatic heterocycles. The summed E-state index contributed by atoms with van der Waals surface area (Å²) in [5.41, 5.74) is 13.0. The Balaban J connectivity index is 1.38. The molecule has 0 radical (unpaired) electrons. The van der Waals surface area contributed by atoms with Gasteiger partial charge in [-0.1, -0.05) is 145 Å². The van der Waals surface area contributed by atoms with Crippen molar-refractivity contribution in [1.29, 1.82) is 0 Å². The van der Waals surface area contributed by atoms with Crippen molar-refractivity contribution >= 4 is 43.4 Å². The third-order valence-corrected chi connectivity index (χ3v) is 9.57. The standard InChI is InChI=1S/C46H32N2/c1-29-11-15-33(16-12-29)41-27-43(37-21-19-31-7-3-5-9-35(31)25-37)47-45-39(41)23-24-40-42(34-17-13-30(2)14-18-34)28-44(48-46(40)45)38-22-20-32-8-4-6-10-36(32)26-38/h3-28H,1-2H3. The van der Waals surface area contributed by atoms with Crippen LogP contribution in [-0.4, -0.2) is 9.97 Å². The number of hydrogen-bond donors (Lipinski definition) is 0. The number of aromatic nitrogens is 2. The average molecular weight is 613 g/mol. The molecule has 9 rings (SSSR count). The molecule has 0 saturated heterocycles. The first-order valence-corrected chi connectivity index (χ1v) is 16.5. The predicted octanol–water partition coefficient (Wildman–Crippen LogP) is 12.4. The number of aryl methyl sites for hydroxylation is 2. The first kappa shape index (κ1) is 28.1. The summed E-state index contributed by atoms with van der Waals surface area (Å²) in [5, 5.41) is 7.02. The zero-order chi connectivity index (χ0) is 32.2. The van der Waals surface area contributed by atoms with Crippen LogP contribution in [0.4, 0.5) is 0 Å². The van der Waals surface area contributed by atoms with E-state index in [2.05, 4.69) is 172 Å². The Bertz CT molecular complexity index is 2480. The highest BCUT2D eigenvalue weighted by Crippen LogP contribution is 2.40. The molecule has 2 heteroatoms. The van der Waals surface area contributed by atoms with Crippen molar-refractivity contribution in [3.63, 3.8) is 0 Å². The molecule has 0 amide bonds.